The van der Waals surface area contributed by atoms with Gasteiger partial charge in [0.15, 0.2) is 0 Å². The van der Waals surface area contributed by atoms with Gasteiger partial charge in [-0.25, -0.2) is 0 Å². The van der Waals surface area contributed by atoms with Crippen molar-refractivity contribution in [2.24, 2.45) is 0 Å². The van der Waals surface area contributed by atoms with Gasteiger partial charge in [-0.1, -0.05) is 11.6 Å². The first kappa shape index (κ1) is 9.75. The second-order valence-electron chi connectivity index (χ2n) is 3.81. The molecule has 0 spiro atoms. The predicted octanol–water partition coefficient (Wildman–Crippen LogP) is 1.88. The van der Waals surface area contributed by atoms with Crippen molar-refractivity contribution < 1.29 is 9.84 Å². The molecule has 0 aromatic heterocycles. The van der Waals surface area contributed by atoms with Gasteiger partial charge >= 0.3 is 0 Å². The van der Waals surface area contributed by atoms with Gasteiger partial charge in [-0.05, 0) is 33.6 Å². The van der Waals surface area contributed by atoms with Crippen LogP contribution in [0.15, 0.2) is 11.6 Å². The standard InChI is InChI=1S/C10H18O2/c1-8(5-7-11)4-6-10(3)9(2)12-10/h5,9,11H,4,6-7H2,1-3H3. The van der Waals surface area contributed by atoms with Crippen molar-refractivity contribution in [2.45, 2.75) is 45.3 Å². The SMILES string of the molecule is CC(=CCO)CCC1(C)OC1C. The lowest BCUT2D eigenvalue weighted by atomic mass is 9.99. The molecule has 1 rings (SSSR count). The number of hydrogen-bond donors (Lipinski definition) is 1. The van der Waals surface area contributed by atoms with Crippen molar-refractivity contribution >= 4 is 0 Å². The van der Waals surface area contributed by atoms with Gasteiger partial charge in [0.05, 0.1) is 18.3 Å². The third-order valence-corrected chi connectivity index (χ3v) is 2.70. The molecule has 0 aromatic carbocycles. The molecule has 70 valence electrons. The van der Waals surface area contributed by atoms with Crippen molar-refractivity contribution in [3.63, 3.8) is 0 Å². The van der Waals surface area contributed by atoms with E-state index in [1.165, 1.54) is 5.57 Å². The molecule has 0 amide bonds. The number of aliphatic hydroxyl groups excluding tert-OH is 1. The Labute approximate surface area is 74.2 Å². The molecule has 1 aliphatic heterocycles. The van der Waals surface area contributed by atoms with Crippen LogP contribution in [-0.4, -0.2) is 23.4 Å². The summed E-state index contributed by atoms with van der Waals surface area (Å²) in [5.74, 6) is 0. The highest BCUT2D eigenvalue weighted by Crippen LogP contribution is 2.40. The molecule has 1 aliphatic rings. The Kier molecular flexibility index (Phi) is 2.91. The zero-order valence-electron chi connectivity index (χ0n) is 8.13. The second-order valence-corrected chi connectivity index (χ2v) is 3.81. The van der Waals surface area contributed by atoms with Gasteiger partial charge in [-0.2, -0.15) is 0 Å². The first-order valence-electron chi connectivity index (χ1n) is 4.53. The first-order valence-corrected chi connectivity index (χ1v) is 4.53. The third-order valence-electron chi connectivity index (χ3n) is 2.70. The predicted molar refractivity (Wildman–Crippen MR) is 49.0 cm³/mol. The summed E-state index contributed by atoms with van der Waals surface area (Å²) in [7, 11) is 0. The van der Waals surface area contributed by atoms with Crippen molar-refractivity contribution in [1.29, 1.82) is 0 Å². The van der Waals surface area contributed by atoms with Crippen LogP contribution in [0, 0.1) is 0 Å². The summed E-state index contributed by atoms with van der Waals surface area (Å²) in [4.78, 5) is 0. The van der Waals surface area contributed by atoms with Crippen molar-refractivity contribution in [3.05, 3.63) is 11.6 Å². The number of allylic oxidation sites excluding steroid dienone is 1. The molecule has 0 bridgehead atoms. The largest absolute Gasteiger partial charge is 0.392 e. The fraction of sp³-hybridized carbons (Fsp3) is 0.800. The number of aliphatic hydroxyl groups is 1. The molecule has 2 nitrogen and oxygen atoms in total. The lowest BCUT2D eigenvalue weighted by molar-refractivity contribution is 0.298. The minimum absolute atomic E-state index is 0.116. The van der Waals surface area contributed by atoms with Gasteiger partial charge in [0, 0.05) is 0 Å². The van der Waals surface area contributed by atoms with Gasteiger partial charge in [0.2, 0.25) is 0 Å². The molecular weight excluding hydrogens is 152 g/mol. The van der Waals surface area contributed by atoms with Gasteiger partial charge in [0.1, 0.15) is 0 Å². The van der Waals surface area contributed by atoms with E-state index < -0.39 is 0 Å². The quantitative estimate of drug-likeness (QED) is 0.516. The third kappa shape index (κ3) is 2.32. The summed E-state index contributed by atoms with van der Waals surface area (Å²) in [5, 5.41) is 8.63. The molecule has 2 heteroatoms. The molecule has 0 aromatic rings. The summed E-state index contributed by atoms with van der Waals surface area (Å²) < 4.78 is 5.44. The van der Waals surface area contributed by atoms with E-state index in [0.717, 1.165) is 12.8 Å². The molecule has 12 heavy (non-hydrogen) atoms. The monoisotopic (exact) mass is 170 g/mol. The Balaban J connectivity index is 2.22. The normalized spacial score (nSPS) is 35.3. The molecule has 0 radical (unpaired) electrons. The van der Waals surface area contributed by atoms with E-state index in [-0.39, 0.29) is 12.2 Å². The van der Waals surface area contributed by atoms with E-state index in [1.807, 2.05) is 13.0 Å². The lowest BCUT2D eigenvalue weighted by Crippen LogP contribution is -2.07. The molecule has 1 N–H and O–H groups in total. The van der Waals surface area contributed by atoms with Crippen LogP contribution in [0.3, 0.4) is 0 Å². The topological polar surface area (TPSA) is 32.8 Å². The van der Waals surface area contributed by atoms with Crippen LogP contribution in [-0.2, 0) is 4.74 Å². The molecular formula is C10H18O2. The highest BCUT2D eigenvalue weighted by Gasteiger charge is 2.47. The first-order chi connectivity index (χ1) is 5.58. The Morgan fingerprint density at radius 3 is 2.67 bits per heavy atom. The van der Waals surface area contributed by atoms with Crippen molar-refractivity contribution in [1.82, 2.24) is 0 Å². The van der Waals surface area contributed by atoms with Gasteiger partial charge in [-0.3, -0.25) is 0 Å². The average Bonchev–Trinajstić information content (AvgIpc) is 2.58. The fourth-order valence-electron chi connectivity index (χ4n) is 1.34. The number of epoxide rings is 1. The molecule has 1 fully saturated rings. The van der Waals surface area contributed by atoms with Crippen LogP contribution >= 0.6 is 0 Å². The Bertz CT molecular complexity index is 186. The van der Waals surface area contributed by atoms with E-state index >= 15 is 0 Å². The van der Waals surface area contributed by atoms with Crippen LogP contribution < -0.4 is 0 Å². The molecule has 0 saturated carbocycles. The summed E-state index contributed by atoms with van der Waals surface area (Å²) >= 11 is 0. The van der Waals surface area contributed by atoms with Crippen LogP contribution in [0.2, 0.25) is 0 Å². The van der Waals surface area contributed by atoms with E-state index in [1.54, 1.807) is 0 Å². The number of hydrogen-bond acceptors (Lipinski definition) is 2. The van der Waals surface area contributed by atoms with Crippen LogP contribution in [0.5, 0.6) is 0 Å². The molecule has 2 atom stereocenters. The van der Waals surface area contributed by atoms with Gasteiger partial charge in [0.25, 0.3) is 0 Å². The smallest absolute Gasteiger partial charge is 0.0920 e. The van der Waals surface area contributed by atoms with Crippen molar-refractivity contribution in [3.8, 4) is 0 Å². The maximum Gasteiger partial charge on any atom is 0.0920 e. The highest BCUT2D eigenvalue weighted by molar-refractivity contribution is 5.03. The minimum atomic E-state index is 0.116. The van der Waals surface area contributed by atoms with E-state index in [0.29, 0.717) is 6.10 Å². The van der Waals surface area contributed by atoms with Crippen LogP contribution in [0.4, 0.5) is 0 Å². The summed E-state index contributed by atoms with van der Waals surface area (Å²) in [6.07, 6.45) is 4.37. The van der Waals surface area contributed by atoms with Crippen LogP contribution in [0.1, 0.15) is 33.6 Å². The maximum atomic E-state index is 8.63. The lowest BCUT2D eigenvalue weighted by Gasteiger charge is -2.05. The zero-order valence-corrected chi connectivity index (χ0v) is 8.13. The van der Waals surface area contributed by atoms with Crippen molar-refractivity contribution in [2.75, 3.05) is 6.61 Å². The maximum absolute atomic E-state index is 8.63. The van der Waals surface area contributed by atoms with Crippen LogP contribution in [0.25, 0.3) is 0 Å². The molecule has 1 saturated heterocycles. The summed E-state index contributed by atoms with van der Waals surface area (Å²) in [5.41, 5.74) is 1.37. The zero-order chi connectivity index (χ0) is 9.19. The van der Waals surface area contributed by atoms with E-state index in [2.05, 4.69) is 13.8 Å². The Morgan fingerprint density at radius 2 is 2.25 bits per heavy atom. The Hall–Kier alpha value is -0.340. The van der Waals surface area contributed by atoms with Gasteiger partial charge < -0.3 is 9.84 Å². The van der Waals surface area contributed by atoms with Gasteiger partial charge in [-0.15, -0.1) is 0 Å². The number of ether oxygens (including phenoxy) is 1. The average molecular weight is 170 g/mol. The Morgan fingerprint density at radius 1 is 1.67 bits per heavy atom. The van der Waals surface area contributed by atoms with E-state index in [9.17, 15) is 0 Å². The fourth-order valence-corrected chi connectivity index (χ4v) is 1.34. The number of rotatable bonds is 4. The highest BCUT2D eigenvalue weighted by atomic mass is 16.6. The summed E-state index contributed by atoms with van der Waals surface area (Å²) in [6.45, 7) is 6.45. The molecule has 1 heterocycles. The minimum Gasteiger partial charge on any atom is -0.392 e. The summed E-state index contributed by atoms with van der Waals surface area (Å²) in [6, 6.07) is 0. The molecule has 2 unspecified atom stereocenters. The molecule has 0 aliphatic carbocycles. The van der Waals surface area contributed by atoms with E-state index in [4.69, 9.17) is 9.84 Å². The second kappa shape index (κ2) is 3.58.